The van der Waals surface area contributed by atoms with Crippen molar-refractivity contribution in [1.29, 1.82) is 0 Å². The molecule has 0 aromatic carbocycles. The molecule has 0 bridgehead atoms. The van der Waals surface area contributed by atoms with Crippen LogP contribution in [0.3, 0.4) is 0 Å². The van der Waals surface area contributed by atoms with Crippen molar-refractivity contribution < 1.29 is 9.53 Å². The Morgan fingerprint density at radius 3 is 2.62 bits per heavy atom. The number of morpholine rings is 1. The maximum atomic E-state index is 12.4. The number of hydrogen-bond donors (Lipinski definition) is 1. The molecular formula is C13H20N4O4. The normalized spacial score (nSPS) is 19.7. The van der Waals surface area contributed by atoms with E-state index in [1.165, 1.54) is 14.1 Å². The molecule has 0 spiro atoms. The minimum absolute atomic E-state index is 0.0855. The average Bonchev–Trinajstić information content (AvgIpc) is 2.46. The second-order valence-electron chi connectivity index (χ2n) is 5.28. The second kappa shape index (κ2) is 5.82. The summed E-state index contributed by atoms with van der Waals surface area (Å²) >= 11 is 0. The van der Waals surface area contributed by atoms with E-state index in [2.05, 4.69) is 0 Å². The highest BCUT2D eigenvalue weighted by Gasteiger charge is 2.25. The van der Waals surface area contributed by atoms with Crippen LogP contribution in [0.1, 0.15) is 17.3 Å². The number of nitrogens with two attached hydrogens (primary N) is 1. The molecule has 1 aliphatic rings. The van der Waals surface area contributed by atoms with Gasteiger partial charge < -0.3 is 10.5 Å². The van der Waals surface area contributed by atoms with Crippen LogP contribution in [0.25, 0.3) is 0 Å². The SMILES string of the molecule is CC1COCCN1CC(=O)c1c(N)n(C)c(=O)n(C)c1=O. The molecule has 0 saturated carbocycles. The molecule has 1 atom stereocenters. The fourth-order valence-electron chi connectivity index (χ4n) is 2.38. The number of rotatable bonds is 3. The zero-order chi connectivity index (χ0) is 15.7. The molecule has 21 heavy (non-hydrogen) atoms. The molecule has 1 saturated heterocycles. The number of carbonyl (C=O) groups is 1. The standard InChI is InChI=1S/C13H20N4O4/c1-8-7-21-5-4-17(8)6-9(18)10-11(14)15(2)13(20)16(3)12(10)19/h8H,4-7,14H2,1-3H3. The van der Waals surface area contributed by atoms with E-state index in [4.69, 9.17) is 10.5 Å². The predicted molar refractivity (Wildman–Crippen MR) is 77.5 cm³/mol. The van der Waals surface area contributed by atoms with Crippen LogP contribution in [-0.4, -0.2) is 52.2 Å². The summed E-state index contributed by atoms with van der Waals surface area (Å²) in [6, 6.07) is 0.0975. The third kappa shape index (κ3) is 2.77. The van der Waals surface area contributed by atoms with Crippen molar-refractivity contribution in [3.8, 4) is 0 Å². The molecule has 1 aromatic rings. The Labute approximate surface area is 121 Å². The molecule has 8 nitrogen and oxygen atoms in total. The van der Waals surface area contributed by atoms with Crippen LogP contribution in [0.5, 0.6) is 0 Å². The number of nitrogens with zero attached hydrogens (tertiary/aromatic N) is 3. The molecule has 116 valence electrons. The van der Waals surface area contributed by atoms with Crippen molar-refractivity contribution in [2.45, 2.75) is 13.0 Å². The van der Waals surface area contributed by atoms with Crippen LogP contribution < -0.4 is 17.0 Å². The monoisotopic (exact) mass is 296 g/mol. The summed E-state index contributed by atoms with van der Waals surface area (Å²) < 4.78 is 7.32. The van der Waals surface area contributed by atoms with E-state index in [-0.39, 0.29) is 29.8 Å². The minimum Gasteiger partial charge on any atom is -0.384 e. The Morgan fingerprint density at radius 2 is 2.00 bits per heavy atom. The molecule has 0 aliphatic carbocycles. The number of hydrogen-bond acceptors (Lipinski definition) is 6. The number of nitrogen functional groups attached to an aromatic ring is 1. The molecule has 2 N–H and O–H groups in total. The molecule has 1 aromatic heterocycles. The summed E-state index contributed by atoms with van der Waals surface area (Å²) in [7, 11) is 2.77. The third-order valence-corrected chi connectivity index (χ3v) is 3.84. The van der Waals surface area contributed by atoms with E-state index < -0.39 is 11.2 Å². The average molecular weight is 296 g/mol. The first-order valence-corrected chi connectivity index (χ1v) is 6.75. The molecule has 1 aliphatic heterocycles. The molecule has 0 radical (unpaired) electrons. The van der Waals surface area contributed by atoms with Crippen LogP contribution in [0.4, 0.5) is 5.82 Å². The van der Waals surface area contributed by atoms with Crippen molar-refractivity contribution in [3.05, 3.63) is 26.4 Å². The second-order valence-corrected chi connectivity index (χ2v) is 5.28. The van der Waals surface area contributed by atoms with Crippen LogP contribution in [0.2, 0.25) is 0 Å². The van der Waals surface area contributed by atoms with Gasteiger partial charge in [-0.1, -0.05) is 0 Å². The highest BCUT2D eigenvalue weighted by atomic mass is 16.5. The van der Waals surface area contributed by atoms with Gasteiger partial charge in [0.15, 0.2) is 5.78 Å². The van der Waals surface area contributed by atoms with E-state index in [0.29, 0.717) is 19.8 Å². The van der Waals surface area contributed by atoms with Crippen LogP contribution in [0, 0.1) is 0 Å². The first kappa shape index (κ1) is 15.5. The molecule has 8 heteroatoms. The quantitative estimate of drug-likeness (QED) is 0.687. The van der Waals surface area contributed by atoms with Crippen LogP contribution >= 0.6 is 0 Å². The lowest BCUT2D eigenvalue weighted by atomic mass is 10.1. The fourth-order valence-corrected chi connectivity index (χ4v) is 2.38. The summed E-state index contributed by atoms with van der Waals surface area (Å²) in [6.07, 6.45) is 0. The zero-order valence-corrected chi connectivity index (χ0v) is 12.5. The Hall–Kier alpha value is -1.93. The lowest BCUT2D eigenvalue weighted by Gasteiger charge is -2.32. The first-order valence-electron chi connectivity index (χ1n) is 6.75. The predicted octanol–water partition coefficient (Wildman–Crippen LogP) is -1.43. The number of aromatic nitrogens is 2. The number of ether oxygens (including phenoxy) is 1. The molecule has 2 heterocycles. The van der Waals surface area contributed by atoms with Crippen molar-refractivity contribution >= 4 is 11.6 Å². The van der Waals surface area contributed by atoms with E-state index in [0.717, 1.165) is 9.13 Å². The van der Waals surface area contributed by atoms with Gasteiger partial charge in [0, 0.05) is 26.7 Å². The lowest BCUT2D eigenvalue weighted by Crippen LogP contribution is -2.48. The number of carbonyl (C=O) groups excluding carboxylic acids is 1. The molecule has 1 fully saturated rings. The highest BCUT2D eigenvalue weighted by Crippen LogP contribution is 2.10. The number of Topliss-reactive ketones (excluding diaryl/α,β-unsaturated/α-hetero) is 1. The molecule has 2 rings (SSSR count). The number of ketones is 1. The van der Waals surface area contributed by atoms with Crippen molar-refractivity contribution in [1.82, 2.24) is 14.0 Å². The van der Waals surface area contributed by atoms with Gasteiger partial charge in [-0.3, -0.25) is 23.6 Å². The van der Waals surface area contributed by atoms with Gasteiger partial charge in [0.1, 0.15) is 11.4 Å². The van der Waals surface area contributed by atoms with Crippen molar-refractivity contribution in [2.24, 2.45) is 14.1 Å². The van der Waals surface area contributed by atoms with Gasteiger partial charge in [-0.2, -0.15) is 0 Å². The molecule has 1 unspecified atom stereocenters. The van der Waals surface area contributed by atoms with Gasteiger partial charge in [-0.15, -0.1) is 0 Å². The van der Waals surface area contributed by atoms with Crippen LogP contribution in [0.15, 0.2) is 9.59 Å². The number of anilines is 1. The van der Waals surface area contributed by atoms with Gasteiger partial charge in [-0.05, 0) is 6.92 Å². The van der Waals surface area contributed by atoms with Gasteiger partial charge in [0.05, 0.1) is 19.8 Å². The lowest BCUT2D eigenvalue weighted by molar-refractivity contribution is 0.00198. The van der Waals surface area contributed by atoms with E-state index >= 15 is 0 Å². The Balaban J connectivity index is 2.36. The molecular weight excluding hydrogens is 276 g/mol. The zero-order valence-electron chi connectivity index (χ0n) is 12.5. The van der Waals surface area contributed by atoms with Crippen molar-refractivity contribution in [3.63, 3.8) is 0 Å². The van der Waals surface area contributed by atoms with Crippen LogP contribution in [-0.2, 0) is 18.8 Å². The maximum Gasteiger partial charge on any atom is 0.332 e. The van der Waals surface area contributed by atoms with Gasteiger partial charge in [0.25, 0.3) is 5.56 Å². The highest BCUT2D eigenvalue weighted by molar-refractivity contribution is 6.01. The third-order valence-electron chi connectivity index (χ3n) is 3.84. The van der Waals surface area contributed by atoms with Gasteiger partial charge >= 0.3 is 5.69 Å². The van der Waals surface area contributed by atoms with Gasteiger partial charge in [0.2, 0.25) is 0 Å². The fraction of sp³-hybridized carbons (Fsp3) is 0.615. The summed E-state index contributed by atoms with van der Waals surface area (Å²) in [5.74, 6) is -0.466. The summed E-state index contributed by atoms with van der Waals surface area (Å²) in [6.45, 7) is 3.77. The Bertz CT molecular complexity index is 676. The summed E-state index contributed by atoms with van der Waals surface area (Å²) in [4.78, 5) is 38.2. The minimum atomic E-state index is -0.651. The Kier molecular flexibility index (Phi) is 4.29. The molecule has 0 amide bonds. The maximum absolute atomic E-state index is 12.4. The van der Waals surface area contributed by atoms with E-state index in [9.17, 15) is 14.4 Å². The summed E-state index contributed by atoms with van der Waals surface area (Å²) in [5.41, 5.74) is 4.45. The van der Waals surface area contributed by atoms with Crippen molar-refractivity contribution in [2.75, 3.05) is 32.0 Å². The smallest absolute Gasteiger partial charge is 0.332 e. The Morgan fingerprint density at radius 1 is 1.33 bits per heavy atom. The summed E-state index contributed by atoms with van der Waals surface area (Å²) in [5, 5.41) is 0. The van der Waals surface area contributed by atoms with E-state index in [1.54, 1.807) is 0 Å². The largest absolute Gasteiger partial charge is 0.384 e. The first-order chi connectivity index (χ1) is 9.84. The van der Waals surface area contributed by atoms with E-state index in [1.807, 2.05) is 11.8 Å². The van der Waals surface area contributed by atoms with Gasteiger partial charge in [-0.25, -0.2) is 4.79 Å². The topological polar surface area (TPSA) is 99.6 Å².